The lowest BCUT2D eigenvalue weighted by Crippen LogP contribution is -2.51. The van der Waals surface area contributed by atoms with E-state index in [9.17, 15) is 4.79 Å². The predicted octanol–water partition coefficient (Wildman–Crippen LogP) is -0.104. The van der Waals surface area contributed by atoms with Crippen LogP contribution in [0.4, 0.5) is 0 Å². The van der Waals surface area contributed by atoms with Crippen LogP contribution < -0.4 is 5.32 Å². The lowest BCUT2D eigenvalue weighted by Gasteiger charge is -2.36. The molecule has 98 valence electrons. The number of piperidine rings is 1. The van der Waals surface area contributed by atoms with E-state index in [0.29, 0.717) is 19.0 Å². The fraction of sp³-hybridized carbons (Fsp3) is 0.917. The van der Waals surface area contributed by atoms with Gasteiger partial charge in [-0.05, 0) is 32.2 Å². The molecule has 0 spiro atoms. The van der Waals surface area contributed by atoms with Gasteiger partial charge in [-0.1, -0.05) is 0 Å². The minimum atomic E-state index is -0.677. The maximum atomic E-state index is 11.1. The fourth-order valence-corrected chi connectivity index (χ4v) is 2.58. The molecule has 5 nitrogen and oxygen atoms in total. The lowest BCUT2D eigenvalue weighted by molar-refractivity contribution is -0.144. The molecule has 0 bridgehead atoms. The Labute approximate surface area is 102 Å². The molecule has 2 atom stereocenters. The Hall–Kier alpha value is -0.650. The summed E-state index contributed by atoms with van der Waals surface area (Å²) in [6.45, 7) is 2.62. The summed E-state index contributed by atoms with van der Waals surface area (Å²) < 4.78 is 0. The van der Waals surface area contributed by atoms with Crippen LogP contribution in [0.3, 0.4) is 0 Å². The number of aliphatic hydroxyl groups excluding tert-OH is 1. The number of carboxylic acids is 1. The number of likely N-dealkylation sites (tertiary alicyclic amines) is 1. The van der Waals surface area contributed by atoms with Gasteiger partial charge in [-0.15, -0.1) is 0 Å². The molecule has 2 unspecified atom stereocenters. The molecule has 5 heteroatoms. The third kappa shape index (κ3) is 3.66. The summed E-state index contributed by atoms with van der Waals surface area (Å²) in [6.07, 6.45) is 3.88. The van der Waals surface area contributed by atoms with E-state index in [1.807, 2.05) is 0 Å². The second-order valence-electron chi connectivity index (χ2n) is 5.18. The van der Waals surface area contributed by atoms with Crippen LogP contribution in [0.15, 0.2) is 0 Å². The maximum Gasteiger partial charge on any atom is 0.307 e. The van der Waals surface area contributed by atoms with E-state index in [2.05, 4.69) is 10.2 Å². The fourth-order valence-electron chi connectivity index (χ4n) is 2.58. The van der Waals surface area contributed by atoms with Crippen LogP contribution >= 0.6 is 0 Å². The number of rotatable bonds is 6. The zero-order valence-corrected chi connectivity index (χ0v) is 10.1. The number of aliphatic hydroxyl groups is 1. The van der Waals surface area contributed by atoms with E-state index in [4.69, 9.17) is 10.2 Å². The van der Waals surface area contributed by atoms with E-state index in [1.165, 1.54) is 12.8 Å². The molecule has 1 aliphatic heterocycles. The van der Waals surface area contributed by atoms with E-state index < -0.39 is 5.97 Å². The number of nitrogens with one attached hydrogen (secondary N) is 1. The van der Waals surface area contributed by atoms with Gasteiger partial charge in [-0.2, -0.15) is 0 Å². The average Bonchev–Trinajstić information content (AvgIpc) is 3.13. The van der Waals surface area contributed by atoms with Crippen molar-refractivity contribution in [3.63, 3.8) is 0 Å². The van der Waals surface area contributed by atoms with Gasteiger partial charge in [-0.25, -0.2) is 0 Å². The molecule has 0 aromatic carbocycles. The lowest BCUT2D eigenvalue weighted by atomic mass is 9.94. The highest BCUT2D eigenvalue weighted by molar-refractivity contribution is 5.70. The van der Waals surface area contributed by atoms with Gasteiger partial charge in [0.15, 0.2) is 0 Å². The Balaban J connectivity index is 1.84. The van der Waals surface area contributed by atoms with Crippen molar-refractivity contribution in [2.45, 2.75) is 37.8 Å². The molecular weight excluding hydrogens is 220 g/mol. The molecule has 1 heterocycles. The normalized spacial score (nSPS) is 30.4. The van der Waals surface area contributed by atoms with E-state index in [1.54, 1.807) is 0 Å². The summed E-state index contributed by atoms with van der Waals surface area (Å²) in [6, 6.07) is 0.885. The first-order valence-corrected chi connectivity index (χ1v) is 6.52. The Morgan fingerprint density at radius 1 is 1.35 bits per heavy atom. The van der Waals surface area contributed by atoms with Crippen LogP contribution in [0.1, 0.15) is 25.7 Å². The van der Waals surface area contributed by atoms with Crippen LogP contribution in [0.2, 0.25) is 0 Å². The van der Waals surface area contributed by atoms with Crippen molar-refractivity contribution in [3.05, 3.63) is 0 Å². The van der Waals surface area contributed by atoms with Crippen molar-refractivity contribution >= 4 is 5.97 Å². The molecule has 0 aromatic rings. The van der Waals surface area contributed by atoms with Crippen molar-refractivity contribution in [1.29, 1.82) is 0 Å². The highest BCUT2D eigenvalue weighted by Gasteiger charge is 2.38. The summed E-state index contributed by atoms with van der Waals surface area (Å²) in [7, 11) is 0. The predicted molar refractivity (Wildman–Crippen MR) is 63.8 cm³/mol. The largest absolute Gasteiger partial charge is 0.481 e. The van der Waals surface area contributed by atoms with Gasteiger partial charge < -0.3 is 15.5 Å². The SMILES string of the molecule is O=C(O)C1CC(NCCCO)CN(C2CC2)C1. The smallest absolute Gasteiger partial charge is 0.307 e. The van der Waals surface area contributed by atoms with E-state index in [0.717, 1.165) is 19.5 Å². The van der Waals surface area contributed by atoms with Crippen molar-refractivity contribution < 1.29 is 15.0 Å². The summed E-state index contributed by atoms with van der Waals surface area (Å²) >= 11 is 0. The molecule has 0 amide bonds. The Bertz CT molecular complexity index is 268. The number of nitrogens with zero attached hydrogens (tertiary/aromatic N) is 1. The van der Waals surface area contributed by atoms with Crippen molar-refractivity contribution in [2.75, 3.05) is 26.2 Å². The number of aliphatic carboxylic acids is 1. The first-order chi connectivity index (χ1) is 8.20. The standard InChI is InChI=1S/C12H22N2O3/c15-5-1-4-13-10-6-9(12(16)17)7-14(8-10)11-2-3-11/h9-11,13,15H,1-8H2,(H,16,17). The van der Waals surface area contributed by atoms with Crippen molar-refractivity contribution in [1.82, 2.24) is 10.2 Å². The number of hydrogen-bond acceptors (Lipinski definition) is 4. The van der Waals surface area contributed by atoms with E-state index in [-0.39, 0.29) is 18.6 Å². The summed E-state index contributed by atoms with van der Waals surface area (Å²) in [5.41, 5.74) is 0. The molecule has 0 radical (unpaired) electrons. The summed E-state index contributed by atoms with van der Waals surface area (Å²) in [4.78, 5) is 13.4. The molecule has 1 aliphatic carbocycles. The van der Waals surface area contributed by atoms with Gasteiger partial charge in [0.25, 0.3) is 0 Å². The van der Waals surface area contributed by atoms with E-state index >= 15 is 0 Å². The third-order valence-corrected chi connectivity index (χ3v) is 3.66. The van der Waals surface area contributed by atoms with Crippen LogP contribution in [0, 0.1) is 5.92 Å². The summed E-state index contributed by atoms with van der Waals surface area (Å²) in [5, 5.41) is 21.2. The highest BCUT2D eigenvalue weighted by atomic mass is 16.4. The van der Waals surface area contributed by atoms with Crippen LogP contribution in [-0.4, -0.2) is 59.4 Å². The molecule has 1 saturated heterocycles. The Morgan fingerprint density at radius 2 is 2.12 bits per heavy atom. The van der Waals surface area contributed by atoms with Crippen molar-refractivity contribution in [2.24, 2.45) is 5.92 Å². The molecule has 1 saturated carbocycles. The quantitative estimate of drug-likeness (QED) is 0.567. The zero-order chi connectivity index (χ0) is 12.3. The van der Waals surface area contributed by atoms with Gasteiger partial charge in [0.2, 0.25) is 0 Å². The van der Waals surface area contributed by atoms with Gasteiger partial charge >= 0.3 is 5.97 Å². The molecule has 2 rings (SSSR count). The second-order valence-corrected chi connectivity index (χ2v) is 5.18. The van der Waals surface area contributed by atoms with Crippen LogP contribution in [0.5, 0.6) is 0 Å². The topological polar surface area (TPSA) is 72.8 Å². The zero-order valence-electron chi connectivity index (χ0n) is 10.1. The highest BCUT2D eigenvalue weighted by Crippen LogP contribution is 2.31. The van der Waals surface area contributed by atoms with Crippen LogP contribution in [0.25, 0.3) is 0 Å². The number of carbonyl (C=O) groups is 1. The molecule has 2 aliphatic rings. The Kier molecular flexibility index (Phi) is 4.36. The first kappa shape index (κ1) is 12.8. The Morgan fingerprint density at radius 3 is 2.71 bits per heavy atom. The molecule has 17 heavy (non-hydrogen) atoms. The minimum absolute atomic E-state index is 0.189. The van der Waals surface area contributed by atoms with Gasteiger partial charge in [0.05, 0.1) is 5.92 Å². The number of hydrogen-bond donors (Lipinski definition) is 3. The third-order valence-electron chi connectivity index (χ3n) is 3.66. The number of carboxylic acid groups (broad SMARTS) is 1. The monoisotopic (exact) mass is 242 g/mol. The minimum Gasteiger partial charge on any atom is -0.481 e. The van der Waals surface area contributed by atoms with Gasteiger partial charge in [0, 0.05) is 31.8 Å². The maximum absolute atomic E-state index is 11.1. The molecule has 2 fully saturated rings. The molecule has 3 N–H and O–H groups in total. The van der Waals surface area contributed by atoms with Gasteiger partial charge in [0.1, 0.15) is 0 Å². The molecular formula is C12H22N2O3. The first-order valence-electron chi connectivity index (χ1n) is 6.52. The average molecular weight is 242 g/mol. The van der Waals surface area contributed by atoms with Gasteiger partial charge in [-0.3, -0.25) is 9.69 Å². The summed E-state index contributed by atoms with van der Waals surface area (Å²) in [5.74, 6) is -0.916. The van der Waals surface area contributed by atoms with Crippen molar-refractivity contribution in [3.8, 4) is 0 Å². The molecule has 0 aromatic heterocycles. The van der Waals surface area contributed by atoms with Crippen LogP contribution in [-0.2, 0) is 4.79 Å². The second kappa shape index (κ2) is 5.80.